The molecule has 8 nitrogen and oxygen atoms in total. The molecule has 34 heavy (non-hydrogen) atoms. The third-order valence-electron chi connectivity index (χ3n) is 5.55. The molecule has 4 rings (SSSR count). The quantitative estimate of drug-likeness (QED) is 0.513. The number of hydrogen-bond donors (Lipinski definition) is 2. The van der Waals surface area contributed by atoms with Crippen LogP contribution in [-0.2, 0) is 0 Å². The topological polar surface area (TPSA) is 104 Å². The zero-order chi connectivity index (χ0) is 24.4. The Balaban J connectivity index is 1.91. The number of methoxy groups -OCH3 is 4. The van der Waals surface area contributed by atoms with Gasteiger partial charge in [-0.25, -0.2) is 0 Å². The number of ketones is 1. The van der Waals surface area contributed by atoms with Crippen LogP contribution in [0, 0.1) is 0 Å². The monoisotopic (exact) mass is 464 g/mol. The van der Waals surface area contributed by atoms with Crippen molar-refractivity contribution in [3.05, 3.63) is 70.8 Å². The van der Waals surface area contributed by atoms with Gasteiger partial charge in [-0.05, 0) is 42.0 Å². The largest absolute Gasteiger partial charge is 0.504 e. The highest BCUT2D eigenvalue weighted by Crippen LogP contribution is 2.45. The number of Topliss-reactive ketones (excluding diaryl/α,β-unsaturated/α-hetero) is 1. The van der Waals surface area contributed by atoms with Crippen molar-refractivity contribution in [1.82, 2.24) is 0 Å². The van der Waals surface area contributed by atoms with E-state index < -0.39 is 6.10 Å². The van der Waals surface area contributed by atoms with Crippen LogP contribution >= 0.6 is 0 Å². The molecule has 0 saturated heterocycles. The van der Waals surface area contributed by atoms with Crippen molar-refractivity contribution in [3.8, 4) is 40.2 Å². The maximum atomic E-state index is 13.7. The van der Waals surface area contributed by atoms with Crippen molar-refractivity contribution in [2.75, 3.05) is 28.4 Å². The van der Waals surface area contributed by atoms with E-state index in [0.717, 1.165) is 0 Å². The Kier molecular flexibility index (Phi) is 6.23. The summed E-state index contributed by atoms with van der Waals surface area (Å²) in [5, 5.41) is 20.0. The van der Waals surface area contributed by atoms with Crippen molar-refractivity contribution in [1.29, 1.82) is 0 Å². The fourth-order valence-electron chi connectivity index (χ4n) is 3.81. The van der Waals surface area contributed by atoms with E-state index in [4.69, 9.17) is 23.7 Å². The van der Waals surface area contributed by atoms with Crippen LogP contribution in [0.5, 0.6) is 40.2 Å². The molecule has 0 saturated carbocycles. The lowest BCUT2D eigenvalue weighted by molar-refractivity contribution is 0.0962. The zero-order valence-electron chi connectivity index (χ0n) is 19.1. The van der Waals surface area contributed by atoms with Gasteiger partial charge in [-0.3, -0.25) is 4.79 Å². The first-order valence-electron chi connectivity index (χ1n) is 10.3. The number of aromatic hydroxyl groups is 2. The summed E-state index contributed by atoms with van der Waals surface area (Å²) >= 11 is 0. The second-order valence-electron chi connectivity index (χ2n) is 7.49. The van der Waals surface area contributed by atoms with Crippen LogP contribution in [0.2, 0.25) is 0 Å². The molecule has 0 aliphatic carbocycles. The first-order valence-corrected chi connectivity index (χ1v) is 10.3. The molecule has 176 valence electrons. The first-order chi connectivity index (χ1) is 16.4. The van der Waals surface area contributed by atoms with E-state index in [-0.39, 0.29) is 28.8 Å². The lowest BCUT2D eigenvalue weighted by atomic mass is 9.89. The fourth-order valence-corrected chi connectivity index (χ4v) is 3.81. The predicted molar refractivity (Wildman–Crippen MR) is 125 cm³/mol. The Bertz CT molecular complexity index is 1280. The second-order valence-corrected chi connectivity index (χ2v) is 7.49. The minimum atomic E-state index is -0.813. The number of rotatable bonds is 6. The van der Waals surface area contributed by atoms with E-state index in [0.29, 0.717) is 39.5 Å². The number of carbonyl (C=O) groups is 1. The maximum Gasteiger partial charge on any atom is 0.196 e. The summed E-state index contributed by atoms with van der Waals surface area (Å²) in [5.41, 5.74) is 1.87. The molecule has 0 bridgehead atoms. The SMILES string of the molecule is COc1cc(/C=C2\C(=O)c3cc(OC)c(OC)cc3OC2c2ccc(O)c(OC)c2)ccc1O. The van der Waals surface area contributed by atoms with Crippen LogP contribution in [0.25, 0.3) is 6.08 Å². The predicted octanol–water partition coefficient (Wildman–Crippen LogP) is 4.53. The van der Waals surface area contributed by atoms with E-state index in [1.54, 1.807) is 42.5 Å². The molecule has 0 spiro atoms. The molecule has 0 fully saturated rings. The molecular formula is C26H24O8. The van der Waals surface area contributed by atoms with Gasteiger partial charge < -0.3 is 33.9 Å². The molecule has 0 radical (unpaired) electrons. The molecule has 1 heterocycles. The third-order valence-corrected chi connectivity index (χ3v) is 5.55. The second kappa shape index (κ2) is 9.27. The van der Waals surface area contributed by atoms with Gasteiger partial charge >= 0.3 is 0 Å². The highest BCUT2D eigenvalue weighted by atomic mass is 16.5. The standard InChI is InChI=1S/C26H24O8/c1-30-21-10-14(5-7-18(21)27)9-17-25(29)16-12-23(32-3)24(33-4)13-20(16)34-26(17)15-6-8-19(28)22(11-15)31-2/h5-13,26-28H,1-4H3/b17-9+. The van der Waals surface area contributed by atoms with Crippen LogP contribution < -0.4 is 23.7 Å². The number of phenols is 2. The molecule has 1 aliphatic rings. The van der Waals surface area contributed by atoms with Gasteiger partial charge in [-0.2, -0.15) is 0 Å². The van der Waals surface area contributed by atoms with E-state index in [1.807, 2.05) is 0 Å². The molecule has 2 N–H and O–H groups in total. The smallest absolute Gasteiger partial charge is 0.196 e. The van der Waals surface area contributed by atoms with Crippen molar-refractivity contribution >= 4 is 11.9 Å². The summed E-state index contributed by atoms with van der Waals surface area (Å²) < 4.78 is 27.5. The van der Waals surface area contributed by atoms with Gasteiger partial charge in [0.2, 0.25) is 0 Å². The molecule has 1 aliphatic heterocycles. The summed E-state index contributed by atoms with van der Waals surface area (Å²) in [4.78, 5) is 13.7. The van der Waals surface area contributed by atoms with Gasteiger partial charge in [0.25, 0.3) is 0 Å². The molecule has 3 aromatic carbocycles. The molecule has 0 amide bonds. The minimum absolute atomic E-state index is 0.0159. The number of phenolic OH excluding ortho intramolecular Hbond substituents is 2. The van der Waals surface area contributed by atoms with Gasteiger partial charge in [0, 0.05) is 17.2 Å². The van der Waals surface area contributed by atoms with Crippen molar-refractivity contribution in [2.45, 2.75) is 6.10 Å². The number of benzene rings is 3. The summed E-state index contributed by atoms with van der Waals surface area (Å²) in [6, 6.07) is 12.7. The van der Waals surface area contributed by atoms with Gasteiger partial charge in [-0.1, -0.05) is 12.1 Å². The van der Waals surface area contributed by atoms with E-state index in [2.05, 4.69) is 0 Å². The average Bonchev–Trinajstić information content (AvgIpc) is 2.86. The summed E-state index contributed by atoms with van der Waals surface area (Å²) in [5.74, 6) is 1.35. The van der Waals surface area contributed by atoms with Crippen LogP contribution in [0.1, 0.15) is 27.6 Å². The lowest BCUT2D eigenvalue weighted by Crippen LogP contribution is -2.24. The molecule has 8 heteroatoms. The van der Waals surface area contributed by atoms with E-state index in [1.165, 1.54) is 40.6 Å². The lowest BCUT2D eigenvalue weighted by Gasteiger charge is -2.29. The van der Waals surface area contributed by atoms with Crippen LogP contribution in [0.3, 0.4) is 0 Å². The molecule has 3 aromatic rings. The number of ether oxygens (including phenoxy) is 5. The van der Waals surface area contributed by atoms with Gasteiger partial charge in [0.1, 0.15) is 5.75 Å². The average molecular weight is 464 g/mol. The number of hydrogen-bond acceptors (Lipinski definition) is 8. The highest BCUT2D eigenvalue weighted by Gasteiger charge is 2.35. The Morgan fingerprint density at radius 3 is 2.00 bits per heavy atom. The maximum absolute atomic E-state index is 13.7. The van der Waals surface area contributed by atoms with Gasteiger partial charge in [0.15, 0.2) is 46.4 Å². The summed E-state index contributed by atoms with van der Waals surface area (Å²) in [7, 11) is 5.88. The van der Waals surface area contributed by atoms with Crippen LogP contribution in [-0.4, -0.2) is 44.4 Å². The van der Waals surface area contributed by atoms with Gasteiger partial charge in [0.05, 0.1) is 34.0 Å². The molecule has 0 aromatic heterocycles. The minimum Gasteiger partial charge on any atom is -0.504 e. The number of carbonyl (C=O) groups excluding carboxylic acids is 1. The van der Waals surface area contributed by atoms with Crippen molar-refractivity contribution < 1.29 is 38.7 Å². The van der Waals surface area contributed by atoms with E-state index in [9.17, 15) is 15.0 Å². The molecule has 1 atom stereocenters. The summed E-state index contributed by atoms with van der Waals surface area (Å²) in [6.07, 6.45) is 0.862. The Hall–Kier alpha value is -4.33. The molecular weight excluding hydrogens is 440 g/mol. The van der Waals surface area contributed by atoms with Crippen molar-refractivity contribution in [3.63, 3.8) is 0 Å². The van der Waals surface area contributed by atoms with Gasteiger partial charge in [-0.15, -0.1) is 0 Å². The fraction of sp³-hybridized carbons (Fsp3) is 0.192. The first kappa shape index (κ1) is 22.8. The Morgan fingerprint density at radius 2 is 1.35 bits per heavy atom. The zero-order valence-corrected chi connectivity index (χ0v) is 19.1. The molecule has 1 unspecified atom stereocenters. The number of fused-ring (bicyclic) bond motifs is 1. The normalized spacial score (nSPS) is 15.9. The third kappa shape index (κ3) is 4.05. The van der Waals surface area contributed by atoms with Crippen molar-refractivity contribution in [2.24, 2.45) is 0 Å². The highest BCUT2D eigenvalue weighted by molar-refractivity contribution is 6.15. The van der Waals surface area contributed by atoms with E-state index >= 15 is 0 Å². The summed E-state index contributed by atoms with van der Waals surface area (Å²) in [6.45, 7) is 0. The Labute approximate surface area is 196 Å². The van der Waals surface area contributed by atoms with Crippen LogP contribution in [0.15, 0.2) is 54.1 Å². The van der Waals surface area contributed by atoms with Crippen LogP contribution in [0.4, 0.5) is 0 Å². The Morgan fingerprint density at radius 1 is 0.765 bits per heavy atom.